The zero-order valence-electron chi connectivity index (χ0n) is 9.80. The van der Waals surface area contributed by atoms with Gasteiger partial charge in [-0.3, -0.25) is 4.90 Å². The molecule has 3 nitrogen and oxygen atoms in total. The van der Waals surface area contributed by atoms with Gasteiger partial charge in [0.25, 0.3) is 0 Å². The fraction of sp³-hybridized carbons (Fsp3) is 0.500. The average Bonchev–Trinajstić information content (AvgIpc) is 2.35. The maximum absolute atomic E-state index is 13.5. The van der Waals surface area contributed by atoms with Crippen LogP contribution in [0.1, 0.15) is 5.56 Å². The van der Waals surface area contributed by atoms with Crippen LogP contribution in [-0.2, 0) is 6.54 Å². The van der Waals surface area contributed by atoms with E-state index in [1.807, 2.05) is 4.90 Å². The van der Waals surface area contributed by atoms with E-state index in [0.717, 1.165) is 6.07 Å². The summed E-state index contributed by atoms with van der Waals surface area (Å²) in [5, 5.41) is 12.1. The third-order valence-corrected chi connectivity index (χ3v) is 3.02. The van der Waals surface area contributed by atoms with Gasteiger partial charge in [-0.2, -0.15) is 0 Å². The van der Waals surface area contributed by atoms with Gasteiger partial charge in [0.05, 0.1) is 6.61 Å². The van der Waals surface area contributed by atoms with Crippen LogP contribution in [0.5, 0.6) is 0 Å². The number of nitrogens with zero attached hydrogens (tertiary/aromatic N) is 1. The number of piperazine rings is 1. The quantitative estimate of drug-likeness (QED) is 0.792. The molecule has 0 spiro atoms. The Morgan fingerprint density at radius 2 is 2.11 bits per heavy atom. The fourth-order valence-electron chi connectivity index (χ4n) is 2.13. The molecule has 100 valence electrons. The Kier molecular flexibility index (Phi) is 4.21. The number of hydrogen-bond acceptors (Lipinski definition) is 3. The molecule has 0 amide bonds. The van der Waals surface area contributed by atoms with Crippen molar-refractivity contribution in [3.63, 3.8) is 0 Å². The lowest BCUT2D eigenvalue weighted by atomic mass is 10.1. The Labute approximate surface area is 103 Å². The molecule has 1 saturated heterocycles. The van der Waals surface area contributed by atoms with Gasteiger partial charge < -0.3 is 10.4 Å². The topological polar surface area (TPSA) is 35.5 Å². The summed E-state index contributed by atoms with van der Waals surface area (Å²) < 4.78 is 39.6. The maximum atomic E-state index is 13.5. The van der Waals surface area contributed by atoms with Gasteiger partial charge in [0.2, 0.25) is 0 Å². The fourth-order valence-corrected chi connectivity index (χ4v) is 2.13. The molecule has 0 aromatic heterocycles. The average molecular weight is 260 g/mol. The second kappa shape index (κ2) is 5.69. The van der Waals surface area contributed by atoms with Gasteiger partial charge in [0.15, 0.2) is 11.6 Å². The van der Waals surface area contributed by atoms with Crippen molar-refractivity contribution in [3.8, 4) is 0 Å². The molecule has 2 rings (SSSR count). The Balaban J connectivity index is 2.09. The van der Waals surface area contributed by atoms with Gasteiger partial charge in [-0.25, -0.2) is 13.2 Å². The molecular weight excluding hydrogens is 245 g/mol. The normalized spacial score (nSPS) is 21.2. The van der Waals surface area contributed by atoms with Gasteiger partial charge >= 0.3 is 0 Å². The van der Waals surface area contributed by atoms with Crippen LogP contribution in [0.2, 0.25) is 0 Å². The summed E-state index contributed by atoms with van der Waals surface area (Å²) in [6.07, 6.45) is 0. The molecule has 18 heavy (non-hydrogen) atoms. The first-order valence-corrected chi connectivity index (χ1v) is 5.80. The lowest BCUT2D eigenvalue weighted by Crippen LogP contribution is -2.51. The van der Waals surface area contributed by atoms with Crippen LogP contribution in [0.15, 0.2) is 12.1 Å². The minimum Gasteiger partial charge on any atom is -0.395 e. The van der Waals surface area contributed by atoms with E-state index in [0.29, 0.717) is 25.7 Å². The highest BCUT2D eigenvalue weighted by Gasteiger charge is 2.20. The van der Waals surface area contributed by atoms with Gasteiger partial charge in [-0.15, -0.1) is 0 Å². The van der Waals surface area contributed by atoms with Gasteiger partial charge in [0.1, 0.15) is 5.82 Å². The predicted molar refractivity (Wildman–Crippen MR) is 60.5 cm³/mol. The molecule has 1 aromatic carbocycles. The molecule has 1 atom stereocenters. The molecule has 1 fully saturated rings. The number of aliphatic hydroxyl groups excluding tert-OH is 1. The SMILES string of the molecule is OC[C@@H]1CN(Cc2cc(F)cc(F)c2F)CCN1. The van der Waals surface area contributed by atoms with E-state index < -0.39 is 17.5 Å². The third-order valence-electron chi connectivity index (χ3n) is 3.02. The number of aliphatic hydroxyl groups is 1. The van der Waals surface area contributed by atoms with E-state index in [4.69, 9.17) is 5.11 Å². The second-order valence-corrected chi connectivity index (χ2v) is 4.43. The third kappa shape index (κ3) is 3.01. The van der Waals surface area contributed by atoms with Crippen molar-refractivity contribution >= 4 is 0 Å². The molecule has 0 unspecified atom stereocenters. The number of benzene rings is 1. The first-order valence-electron chi connectivity index (χ1n) is 5.80. The van der Waals surface area contributed by atoms with Crippen molar-refractivity contribution in [2.75, 3.05) is 26.2 Å². The van der Waals surface area contributed by atoms with Crippen LogP contribution in [-0.4, -0.2) is 42.3 Å². The largest absolute Gasteiger partial charge is 0.395 e. The second-order valence-electron chi connectivity index (χ2n) is 4.43. The summed E-state index contributed by atoms with van der Waals surface area (Å²) in [6.45, 7) is 1.95. The van der Waals surface area contributed by atoms with E-state index in [1.165, 1.54) is 0 Å². The van der Waals surface area contributed by atoms with Crippen molar-refractivity contribution in [2.45, 2.75) is 12.6 Å². The molecular formula is C12H15F3N2O. The Morgan fingerprint density at radius 1 is 1.33 bits per heavy atom. The summed E-state index contributed by atoms with van der Waals surface area (Å²) in [4.78, 5) is 1.86. The van der Waals surface area contributed by atoms with Crippen LogP contribution >= 0.6 is 0 Å². The number of rotatable bonds is 3. The molecule has 1 heterocycles. The molecule has 1 aliphatic rings. The van der Waals surface area contributed by atoms with E-state index in [1.54, 1.807) is 0 Å². The maximum Gasteiger partial charge on any atom is 0.163 e. The van der Waals surface area contributed by atoms with Crippen molar-refractivity contribution < 1.29 is 18.3 Å². The highest BCUT2D eigenvalue weighted by Crippen LogP contribution is 2.17. The molecule has 1 aliphatic heterocycles. The van der Waals surface area contributed by atoms with Crippen LogP contribution in [0.25, 0.3) is 0 Å². The van der Waals surface area contributed by atoms with Crippen LogP contribution < -0.4 is 5.32 Å². The van der Waals surface area contributed by atoms with E-state index in [9.17, 15) is 13.2 Å². The highest BCUT2D eigenvalue weighted by atomic mass is 19.2. The summed E-state index contributed by atoms with van der Waals surface area (Å²) in [5.74, 6) is -2.95. The Hall–Kier alpha value is -1.11. The highest BCUT2D eigenvalue weighted by molar-refractivity contribution is 5.20. The zero-order chi connectivity index (χ0) is 13.1. The molecule has 0 saturated carbocycles. The van der Waals surface area contributed by atoms with E-state index in [2.05, 4.69) is 5.32 Å². The van der Waals surface area contributed by atoms with Gasteiger partial charge in [-0.1, -0.05) is 0 Å². The van der Waals surface area contributed by atoms with Crippen LogP contribution in [0.3, 0.4) is 0 Å². The standard InChI is InChI=1S/C12H15F3N2O/c13-9-3-8(12(15)11(14)4-9)5-17-2-1-16-10(6-17)7-18/h3-4,10,16,18H,1-2,5-7H2/t10-/m0/s1. The van der Waals surface area contributed by atoms with Gasteiger partial charge in [-0.05, 0) is 6.07 Å². The molecule has 6 heteroatoms. The number of hydrogen-bond donors (Lipinski definition) is 2. The molecule has 2 N–H and O–H groups in total. The minimum atomic E-state index is -1.17. The zero-order valence-corrected chi connectivity index (χ0v) is 9.80. The summed E-state index contributed by atoms with van der Waals surface area (Å²) >= 11 is 0. The van der Waals surface area contributed by atoms with E-state index in [-0.39, 0.29) is 24.8 Å². The Bertz CT molecular complexity index is 428. The molecule has 0 bridgehead atoms. The minimum absolute atomic E-state index is 0.00564. The van der Waals surface area contributed by atoms with Crippen molar-refractivity contribution in [1.29, 1.82) is 0 Å². The molecule has 0 aliphatic carbocycles. The van der Waals surface area contributed by atoms with Crippen molar-refractivity contribution in [2.24, 2.45) is 0 Å². The lowest BCUT2D eigenvalue weighted by Gasteiger charge is -2.32. The first kappa shape index (κ1) is 13.3. The van der Waals surface area contributed by atoms with E-state index >= 15 is 0 Å². The summed E-state index contributed by atoms with van der Waals surface area (Å²) in [6, 6.07) is 1.46. The monoisotopic (exact) mass is 260 g/mol. The smallest absolute Gasteiger partial charge is 0.163 e. The van der Waals surface area contributed by atoms with Crippen LogP contribution in [0.4, 0.5) is 13.2 Å². The first-order chi connectivity index (χ1) is 8.60. The lowest BCUT2D eigenvalue weighted by molar-refractivity contribution is 0.142. The van der Waals surface area contributed by atoms with Gasteiger partial charge in [0, 0.05) is 43.9 Å². The predicted octanol–water partition coefficient (Wildman–Crippen LogP) is 0.870. The van der Waals surface area contributed by atoms with Crippen molar-refractivity contribution in [3.05, 3.63) is 35.1 Å². The summed E-state index contributed by atoms with van der Waals surface area (Å²) in [7, 11) is 0. The summed E-state index contributed by atoms with van der Waals surface area (Å²) in [5.41, 5.74) is 0.00564. The number of nitrogens with one attached hydrogen (secondary N) is 1. The molecule has 1 aromatic rings. The number of halogens is 3. The van der Waals surface area contributed by atoms with Crippen molar-refractivity contribution in [1.82, 2.24) is 10.2 Å². The molecule has 0 radical (unpaired) electrons. The van der Waals surface area contributed by atoms with Crippen LogP contribution in [0, 0.1) is 17.5 Å². The Morgan fingerprint density at radius 3 is 2.83 bits per heavy atom.